The van der Waals surface area contributed by atoms with Crippen LogP contribution in [0.4, 0.5) is 30.5 Å². The minimum Gasteiger partial charge on any atom is -0.479 e. The SMILES string of the molecule is COc1nc(N)nn2cc(F)c(-c3ccc(N=N)c(N[C@@H](P)C(F)F)c3)c12. The van der Waals surface area contributed by atoms with E-state index >= 15 is 0 Å². The fraction of sp³-hybridized carbons (Fsp3) is 0.200. The second kappa shape index (κ2) is 7.36. The molecule has 2 atom stereocenters. The van der Waals surface area contributed by atoms with Crippen molar-refractivity contribution in [2.45, 2.75) is 12.2 Å². The first-order valence-electron chi connectivity index (χ1n) is 7.56. The van der Waals surface area contributed by atoms with E-state index in [1.54, 1.807) is 0 Å². The molecule has 3 rings (SSSR count). The Hall–Kier alpha value is -2.94. The summed E-state index contributed by atoms with van der Waals surface area (Å²) in [7, 11) is 3.32. The number of hydrogen-bond donors (Lipinski definition) is 3. The molecule has 3 aromatic rings. The van der Waals surface area contributed by atoms with Crippen molar-refractivity contribution >= 4 is 32.1 Å². The molecule has 0 saturated heterocycles. The van der Waals surface area contributed by atoms with E-state index in [1.165, 1.54) is 29.8 Å². The molecule has 1 aromatic carbocycles. The first-order chi connectivity index (χ1) is 12.8. The monoisotopic (exact) mass is 397 g/mol. The van der Waals surface area contributed by atoms with Gasteiger partial charge in [0.1, 0.15) is 17.0 Å². The zero-order valence-electron chi connectivity index (χ0n) is 13.9. The number of aromatic nitrogens is 3. The first-order valence-corrected chi connectivity index (χ1v) is 8.23. The van der Waals surface area contributed by atoms with Crippen LogP contribution in [-0.4, -0.2) is 33.9 Å². The minimum atomic E-state index is -2.67. The van der Waals surface area contributed by atoms with E-state index < -0.39 is 18.0 Å². The molecule has 0 amide bonds. The lowest BCUT2D eigenvalue weighted by Crippen LogP contribution is -2.20. The van der Waals surface area contributed by atoms with E-state index in [2.05, 4.69) is 20.5 Å². The summed E-state index contributed by atoms with van der Waals surface area (Å²) in [6.07, 6.45) is -1.56. The highest BCUT2D eigenvalue weighted by atomic mass is 31.0. The number of ether oxygens (including phenoxy) is 1. The van der Waals surface area contributed by atoms with Gasteiger partial charge in [0.25, 0.3) is 6.43 Å². The number of hydrogen-bond acceptors (Lipinski definition) is 7. The van der Waals surface area contributed by atoms with Gasteiger partial charge in [-0.1, -0.05) is 6.07 Å². The molecule has 0 spiro atoms. The maximum atomic E-state index is 14.7. The Labute approximate surface area is 153 Å². The Morgan fingerprint density at radius 3 is 2.78 bits per heavy atom. The van der Waals surface area contributed by atoms with Crippen LogP contribution in [0.2, 0.25) is 0 Å². The third kappa shape index (κ3) is 3.50. The van der Waals surface area contributed by atoms with Crippen molar-refractivity contribution in [1.82, 2.24) is 14.6 Å². The van der Waals surface area contributed by atoms with Crippen LogP contribution >= 0.6 is 9.24 Å². The highest BCUT2D eigenvalue weighted by Crippen LogP contribution is 2.38. The average molecular weight is 397 g/mol. The molecule has 12 heteroatoms. The van der Waals surface area contributed by atoms with Crippen LogP contribution in [-0.2, 0) is 0 Å². The van der Waals surface area contributed by atoms with Crippen molar-refractivity contribution in [2.24, 2.45) is 5.11 Å². The van der Waals surface area contributed by atoms with Gasteiger partial charge in [-0.15, -0.1) is 14.3 Å². The maximum Gasteiger partial charge on any atom is 0.261 e. The zero-order valence-corrected chi connectivity index (χ0v) is 15.1. The standard InChI is InChI=1S/C15H15F3N7OP/c1-26-13-11-10(7(16)5-25(11)24-15(19)22-13)6-2-3-8(23-20)9(4-6)21-14(27)12(17)18/h2-5,12,14,20-21H,27H2,1H3,(H2,19,24)/t14-/m0/s1. The van der Waals surface area contributed by atoms with Crippen molar-refractivity contribution in [1.29, 1.82) is 5.53 Å². The highest BCUT2D eigenvalue weighted by Gasteiger charge is 2.22. The predicted octanol–water partition coefficient (Wildman–Crippen LogP) is 3.67. The predicted molar refractivity (Wildman–Crippen MR) is 97.3 cm³/mol. The number of anilines is 2. The molecule has 1 unspecified atom stereocenters. The zero-order chi connectivity index (χ0) is 19.7. The summed E-state index contributed by atoms with van der Waals surface area (Å²) in [5, 5.41) is 9.78. The van der Waals surface area contributed by atoms with Gasteiger partial charge in [-0.2, -0.15) is 10.1 Å². The van der Waals surface area contributed by atoms with Gasteiger partial charge in [0.2, 0.25) is 11.8 Å². The molecule has 2 heterocycles. The lowest BCUT2D eigenvalue weighted by Gasteiger charge is -2.16. The Morgan fingerprint density at radius 1 is 1.41 bits per heavy atom. The number of fused-ring (bicyclic) bond motifs is 1. The van der Waals surface area contributed by atoms with Crippen molar-refractivity contribution in [2.75, 3.05) is 18.2 Å². The van der Waals surface area contributed by atoms with E-state index in [-0.39, 0.29) is 34.3 Å². The highest BCUT2D eigenvalue weighted by molar-refractivity contribution is 7.17. The van der Waals surface area contributed by atoms with Gasteiger partial charge in [0.05, 0.1) is 24.6 Å². The fourth-order valence-electron chi connectivity index (χ4n) is 2.60. The summed E-state index contributed by atoms with van der Waals surface area (Å²) in [5.41, 5.74) is 13.7. The second-order valence-corrected chi connectivity index (χ2v) is 6.19. The molecule has 0 saturated carbocycles. The van der Waals surface area contributed by atoms with Crippen molar-refractivity contribution in [3.8, 4) is 17.0 Å². The average Bonchev–Trinajstić information content (AvgIpc) is 2.96. The summed E-state index contributed by atoms with van der Waals surface area (Å²) < 4.78 is 46.7. The number of nitrogens with zero attached hydrogens (tertiary/aromatic N) is 4. The summed E-state index contributed by atoms with van der Waals surface area (Å²) in [6, 6.07) is 4.34. The van der Waals surface area contributed by atoms with E-state index in [0.717, 1.165) is 6.20 Å². The van der Waals surface area contributed by atoms with Gasteiger partial charge in [-0.3, -0.25) is 0 Å². The summed E-state index contributed by atoms with van der Waals surface area (Å²) in [4.78, 5) is 3.94. The number of methoxy groups -OCH3 is 1. The molecule has 0 bridgehead atoms. The summed E-state index contributed by atoms with van der Waals surface area (Å²) >= 11 is 0. The third-order valence-electron chi connectivity index (χ3n) is 3.76. The molecule has 2 aromatic heterocycles. The molecule has 0 aliphatic rings. The van der Waals surface area contributed by atoms with Gasteiger partial charge in [-0.25, -0.2) is 23.2 Å². The maximum absolute atomic E-state index is 14.7. The minimum absolute atomic E-state index is 0.0571. The van der Waals surface area contributed by atoms with E-state index in [9.17, 15) is 13.2 Å². The van der Waals surface area contributed by atoms with Crippen LogP contribution in [0.5, 0.6) is 5.88 Å². The summed E-state index contributed by atoms with van der Waals surface area (Å²) in [6.45, 7) is 0. The number of nitrogens with two attached hydrogens (primary N) is 1. The Balaban J connectivity index is 2.19. The largest absolute Gasteiger partial charge is 0.479 e. The fourth-order valence-corrected chi connectivity index (χ4v) is 2.78. The number of benzene rings is 1. The topological polar surface area (TPSA) is 114 Å². The van der Waals surface area contributed by atoms with Crippen LogP contribution in [0, 0.1) is 11.3 Å². The first kappa shape index (κ1) is 18.8. The number of nitrogens with one attached hydrogen (secondary N) is 2. The van der Waals surface area contributed by atoms with Crippen molar-refractivity contribution < 1.29 is 17.9 Å². The van der Waals surface area contributed by atoms with Crippen LogP contribution in [0.3, 0.4) is 0 Å². The molecule has 0 radical (unpaired) electrons. The number of nitrogen functional groups attached to an aromatic ring is 1. The van der Waals surface area contributed by atoms with Gasteiger partial charge in [0.15, 0.2) is 5.82 Å². The molecule has 0 fully saturated rings. The van der Waals surface area contributed by atoms with Crippen LogP contribution < -0.4 is 15.8 Å². The molecule has 8 nitrogen and oxygen atoms in total. The van der Waals surface area contributed by atoms with Crippen LogP contribution in [0.1, 0.15) is 0 Å². The molecule has 27 heavy (non-hydrogen) atoms. The molecule has 4 N–H and O–H groups in total. The van der Waals surface area contributed by atoms with Crippen LogP contribution in [0.25, 0.3) is 16.6 Å². The number of rotatable bonds is 6. The van der Waals surface area contributed by atoms with E-state index in [4.69, 9.17) is 16.0 Å². The number of halogens is 3. The van der Waals surface area contributed by atoms with Gasteiger partial charge in [-0.05, 0) is 17.7 Å². The Bertz CT molecular complexity index is 1010. The van der Waals surface area contributed by atoms with Gasteiger partial charge in [0, 0.05) is 0 Å². The van der Waals surface area contributed by atoms with Crippen molar-refractivity contribution in [3.63, 3.8) is 0 Å². The van der Waals surface area contributed by atoms with Gasteiger partial charge < -0.3 is 15.8 Å². The molecular weight excluding hydrogens is 382 g/mol. The Kier molecular flexibility index (Phi) is 5.13. The molecule has 0 aliphatic heterocycles. The quantitative estimate of drug-likeness (QED) is 0.434. The van der Waals surface area contributed by atoms with Crippen molar-refractivity contribution in [3.05, 3.63) is 30.2 Å². The third-order valence-corrected chi connectivity index (χ3v) is 4.22. The lowest BCUT2D eigenvalue weighted by atomic mass is 10.0. The molecular formula is C15H15F3N7OP. The number of alkyl halides is 2. The van der Waals surface area contributed by atoms with E-state index in [0.29, 0.717) is 5.56 Å². The van der Waals surface area contributed by atoms with Crippen LogP contribution in [0.15, 0.2) is 29.5 Å². The molecule has 142 valence electrons. The lowest BCUT2D eigenvalue weighted by molar-refractivity contribution is 0.152. The van der Waals surface area contributed by atoms with Gasteiger partial charge >= 0.3 is 0 Å². The van der Waals surface area contributed by atoms with E-state index in [1.807, 2.05) is 9.24 Å². The summed E-state index contributed by atoms with van der Waals surface area (Å²) in [5.74, 6) is -1.95. The molecule has 0 aliphatic carbocycles. The second-order valence-electron chi connectivity index (χ2n) is 5.47. The smallest absolute Gasteiger partial charge is 0.261 e. The Morgan fingerprint density at radius 2 is 2.15 bits per heavy atom. The normalized spacial score (nSPS) is 12.4.